The first-order valence-corrected chi connectivity index (χ1v) is 18.9. The van der Waals surface area contributed by atoms with Crippen LogP contribution in [0.15, 0.2) is 176 Å². The van der Waals surface area contributed by atoms with E-state index >= 15 is 0 Å². The van der Waals surface area contributed by atoms with Crippen LogP contribution < -0.4 is 0 Å². The number of fused-ring (bicyclic) bond motifs is 9. The molecular weight excluding hydrogens is 667 g/mol. The molecule has 0 saturated carbocycles. The van der Waals surface area contributed by atoms with Gasteiger partial charge in [-0.05, 0) is 93.3 Å². The third-order valence-corrected chi connectivity index (χ3v) is 12.4. The lowest BCUT2D eigenvalue weighted by Gasteiger charge is -2.31. The molecule has 1 atom stereocenters. The molecular formula is C52H29N3. The average molecular weight is 696 g/mol. The summed E-state index contributed by atoms with van der Waals surface area (Å²) in [6.07, 6.45) is 0. The number of hydrogen-bond donors (Lipinski definition) is 0. The molecule has 0 amide bonds. The minimum Gasteiger partial charge on any atom is -0.208 e. The van der Waals surface area contributed by atoms with E-state index in [2.05, 4.69) is 158 Å². The summed E-state index contributed by atoms with van der Waals surface area (Å²) in [7, 11) is 0. The number of hydrogen-bond acceptors (Lipinski definition) is 3. The highest BCUT2D eigenvalue weighted by atomic mass is 15.0. The second-order valence-corrected chi connectivity index (χ2v) is 15.0. The number of benzene rings is 10. The maximum absolute atomic E-state index is 5.32. The summed E-state index contributed by atoms with van der Waals surface area (Å²) < 4.78 is 0. The monoisotopic (exact) mass is 695 g/mol. The first-order chi connectivity index (χ1) is 27.3. The second kappa shape index (κ2) is 10.5. The zero-order valence-electron chi connectivity index (χ0n) is 29.6. The maximum Gasteiger partial charge on any atom is 0.164 e. The van der Waals surface area contributed by atoms with Crippen molar-refractivity contribution in [2.75, 3.05) is 0 Å². The average Bonchev–Trinajstić information content (AvgIpc) is 3.74. The molecule has 0 saturated heterocycles. The van der Waals surface area contributed by atoms with Gasteiger partial charge in [0.2, 0.25) is 0 Å². The first-order valence-electron chi connectivity index (χ1n) is 18.9. The lowest BCUT2D eigenvalue weighted by atomic mass is 9.70. The second-order valence-electron chi connectivity index (χ2n) is 15.0. The van der Waals surface area contributed by atoms with E-state index in [0.29, 0.717) is 17.5 Å². The lowest BCUT2D eigenvalue weighted by molar-refractivity contribution is 0.797. The van der Waals surface area contributed by atoms with Crippen molar-refractivity contribution in [3.05, 3.63) is 198 Å². The molecule has 1 spiro atoms. The van der Waals surface area contributed by atoms with Crippen LogP contribution >= 0.6 is 0 Å². The molecule has 2 aliphatic rings. The van der Waals surface area contributed by atoms with E-state index < -0.39 is 5.41 Å². The van der Waals surface area contributed by atoms with Crippen LogP contribution in [0.2, 0.25) is 0 Å². The van der Waals surface area contributed by atoms with E-state index in [1.165, 1.54) is 81.9 Å². The van der Waals surface area contributed by atoms with Gasteiger partial charge in [0.15, 0.2) is 17.5 Å². The topological polar surface area (TPSA) is 38.7 Å². The Kier molecular flexibility index (Phi) is 5.56. The van der Waals surface area contributed by atoms with Crippen molar-refractivity contribution in [3.8, 4) is 45.3 Å². The first kappa shape index (κ1) is 29.2. The van der Waals surface area contributed by atoms with Gasteiger partial charge >= 0.3 is 0 Å². The SMILES string of the molecule is c1ccc(-c2nc(-c3ccc4ccccc4c3)nc(-c3cccc4c3-c3ccccc3C43c4cccc5c6cccc7ccc8ccc3c(c45)c8c76)n2)cc1. The summed E-state index contributed by atoms with van der Waals surface area (Å²) in [5.41, 5.74) is 10.1. The molecule has 1 aromatic heterocycles. The molecule has 13 rings (SSSR count). The zero-order chi connectivity index (χ0) is 35.8. The maximum atomic E-state index is 5.32. The van der Waals surface area contributed by atoms with E-state index in [4.69, 9.17) is 15.0 Å². The quantitative estimate of drug-likeness (QED) is 0.136. The Morgan fingerprint density at radius 3 is 1.78 bits per heavy atom. The predicted molar refractivity (Wildman–Crippen MR) is 226 cm³/mol. The van der Waals surface area contributed by atoms with Crippen LogP contribution in [-0.2, 0) is 5.41 Å². The van der Waals surface area contributed by atoms with Gasteiger partial charge in [0.1, 0.15) is 0 Å². The molecule has 0 aliphatic heterocycles. The molecule has 252 valence electrons. The fraction of sp³-hybridized carbons (Fsp3) is 0.0192. The fourth-order valence-electron chi connectivity index (χ4n) is 10.3. The molecule has 2 aliphatic carbocycles. The van der Waals surface area contributed by atoms with Crippen molar-refractivity contribution in [2.45, 2.75) is 5.41 Å². The van der Waals surface area contributed by atoms with E-state index in [1.807, 2.05) is 18.2 Å². The van der Waals surface area contributed by atoms with Gasteiger partial charge in [-0.3, -0.25) is 0 Å². The molecule has 0 bridgehead atoms. The summed E-state index contributed by atoms with van der Waals surface area (Å²) in [6.45, 7) is 0. The molecule has 0 fully saturated rings. The Bertz CT molecular complexity index is 3440. The Labute approximate surface area is 316 Å². The summed E-state index contributed by atoms with van der Waals surface area (Å²) in [4.78, 5) is 15.7. The standard InChI is InChI=1S/C52H29N3/c1-2-12-33(13-3-1)49-53-50(35-26-23-30-11-4-5-14-34(30)29-35)55-51(54-49)39-19-10-21-41-46(39)38-16-6-7-20-40(38)52(41)42-22-9-18-37-36-17-8-15-31-24-25-32-27-28-43(52)48(47(37)42)45(32)44(31)36/h1-29H. The molecule has 3 heteroatoms. The summed E-state index contributed by atoms with van der Waals surface area (Å²) in [5, 5.41) is 13.0. The van der Waals surface area contributed by atoms with E-state index in [-0.39, 0.29) is 0 Å². The van der Waals surface area contributed by atoms with Gasteiger partial charge in [0.05, 0.1) is 5.41 Å². The molecule has 1 heterocycles. The Morgan fingerprint density at radius 1 is 0.309 bits per heavy atom. The van der Waals surface area contributed by atoms with E-state index in [9.17, 15) is 0 Å². The van der Waals surface area contributed by atoms with Gasteiger partial charge in [0, 0.05) is 16.7 Å². The smallest absolute Gasteiger partial charge is 0.164 e. The van der Waals surface area contributed by atoms with Crippen molar-refractivity contribution >= 4 is 53.9 Å². The molecule has 0 radical (unpaired) electrons. The van der Waals surface area contributed by atoms with Crippen LogP contribution in [0.5, 0.6) is 0 Å². The largest absolute Gasteiger partial charge is 0.208 e. The number of aromatic nitrogens is 3. The summed E-state index contributed by atoms with van der Waals surface area (Å²) in [6, 6.07) is 64.1. The number of rotatable bonds is 3. The third-order valence-electron chi connectivity index (χ3n) is 12.4. The van der Waals surface area contributed by atoms with Crippen LogP contribution in [0, 0.1) is 0 Å². The van der Waals surface area contributed by atoms with Crippen molar-refractivity contribution in [1.82, 2.24) is 15.0 Å². The van der Waals surface area contributed by atoms with Crippen LogP contribution in [0.1, 0.15) is 22.3 Å². The Hall–Kier alpha value is -7.23. The van der Waals surface area contributed by atoms with Gasteiger partial charge in [-0.1, -0.05) is 170 Å². The van der Waals surface area contributed by atoms with Gasteiger partial charge in [-0.2, -0.15) is 0 Å². The molecule has 55 heavy (non-hydrogen) atoms. The Balaban J connectivity index is 1.13. The molecule has 10 aromatic carbocycles. The summed E-state index contributed by atoms with van der Waals surface area (Å²) >= 11 is 0. The van der Waals surface area contributed by atoms with Crippen LogP contribution in [0.4, 0.5) is 0 Å². The minimum atomic E-state index is -0.503. The molecule has 3 nitrogen and oxygen atoms in total. The van der Waals surface area contributed by atoms with Crippen molar-refractivity contribution in [1.29, 1.82) is 0 Å². The number of nitrogens with zero attached hydrogens (tertiary/aromatic N) is 3. The third kappa shape index (κ3) is 3.67. The van der Waals surface area contributed by atoms with E-state index in [0.717, 1.165) is 22.1 Å². The predicted octanol–water partition coefficient (Wildman–Crippen LogP) is 12.8. The van der Waals surface area contributed by atoms with Gasteiger partial charge < -0.3 is 0 Å². The van der Waals surface area contributed by atoms with Gasteiger partial charge in [0.25, 0.3) is 0 Å². The molecule has 0 N–H and O–H groups in total. The van der Waals surface area contributed by atoms with Crippen molar-refractivity contribution < 1.29 is 0 Å². The fourth-order valence-corrected chi connectivity index (χ4v) is 10.3. The Morgan fingerprint density at radius 2 is 0.891 bits per heavy atom. The summed E-state index contributed by atoms with van der Waals surface area (Å²) in [5.74, 6) is 1.99. The van der Waals surface area contributed by atoms with Gasteiger partial charge in [-0.25, -0.2) is 15.0 Å². The van der Waals surface area contributed by atoms with Crippen LogP contribution in [0.25, 0.3) is 99.2 Å². The minimum absolute atomic E-state index is 0.503. The lowest BCUT2D eigenvalue weighted by Crippen LogP contribution is -2.26. The van der Waals surface area contributed by atoms with Crippen molar-refractivity contribution in [2.24, 2.45) is 0 Å². The zero-order valence-corrected chi connectivity index (χ0v) is 29.6. The highest BCUT2D eigenvalue weighted by molar-refractivity contribution is 6.36. The highest BCUT2D eigenvalue weighted by Crippen LogP contribution is 2.64. The van der Waals surface area contributed by atoms with Crippen LogP contribution in [-0.4, -0.2) is 15.0 Å². The molecule has 1 unspecified atom stereocenters. The molecule has 11 aromatic rings. The van der Waals surface area contributed by atoms with Crippen molar-refractivity contribution in [3.63, 3.8) is 0 Å². The normalized spacial score (nSPS) is 15.3. The van der Waals surface area contributed by atoms with Crippen LogP contribution in [0.3, 0.4) is 0 Å². The van der Waals surface area contributed by atoms with E-state index in [1.54, 1.807) is 0 Å². The van der Waals surface area contributed by atoms with Gasteiger partial charge in [-0.15, -0.1) is 0 Å². The highest BCUT2D eigenvalue weighted by Gasteiger charge is 2.51.